The van der Waals surface area contributed by atoms with Crippen molar-refractivity contribution in [2.24, 2.45) is 0 Å². The van der Waals surface area contributed by atoms with Crippen molar-refractivity contribution in [2.75, 3.05) is 6.61 Å². The van der Waals surface area contributed by atoms with Crippen LogP contribution in [0.5, 0.6) is 5.75 Å². The van der Waals surface area contributed by atoms with E-state index in [0.29, 0.717) is 23.8 Å². The minimum absolute atomic E-state index is 0.334. The van der Waals surface area contributed by atoms with Crippen LogP contribution >= 0.6 is 36.9 Å². The van der Waals surface area contributed by atoms with Crippen LogP contribution in [0.1, 0.15) is 31.4 Å². The minimum atomic E-state index is -0.769. The summed E-state index contributed by atoms with van der Waals surface area (Å²) >= 11 is 15.3. The Kier molecular flexibility index (Phi) is 7.11. The van der Waals surface area contributed by atoms with Gasteiger partial charge in [-0.15, -0.1) is 0 Å². The molecule has 2 aromatic carbocycles. The van der Waals surface area contributed by atoms with Gasteiger partial charge in [0, 0.05) is 5.02 Å². The van der Waals surface area contributed by atoms with Crippen molar-refractivity contribution in [3.05, 3.63) is 64.7 Å². The van der Waals surface area contributed by atoms with E-state index in [1.54, 1.807) is 31.2 Å². The second-order valence-electron chi connectivity index (χ2n) is 5.47. The molecule has 0 aliphatic heterocycles. The molecule has 2 rings (SSSR count). The molecule has 3 nitrogen and oxygen atoms in total. The minimum Gasteiger partial charge on any atom is -0.479 e. The maximum absolute atomic E-state index is 11.8. The molecule has 0 spiro atoms. The molecule has 1 atom stereocenters. The lowest BCUT2D eigenvalue weighted by Gasteiger charge is -2.24. The third-order valence-electron chi connectivity index (χ3n) is 3.70. The Hall–Kier alpha value is -1.30. The number of esters is 1. The van der Waals surface area contributed by atoms with Crippen LogP contribution in [0.3, 0.4) is 0 Å². The molecule has 0 bridgehead atoms. The molecule has 0 aromatic heterocycles. The largest absolute Gasteiger partial charge is 0.479 e. The molecule has 25 heavy (non-hydrogen) atoms. The molecule has 0 saturated carbocycles. The average molecular weight is 397 g/mol. The fraction of sp³-hybridized carbons (Fsp3) is 0.316. The summed E-state index contributed by atoms with van der Waals surface area (Å²) in [5, 5.41) is 0.662. The second kappa shape index (κ2) is 8.88. The number of ether oxygens (including phenoxy) is 2. The summed E-state index contributed by atoms with van der Waals surface area (Å²) in [4.78, 5) is 11.8. The molecule has 0 N–H and O–H groups in total. The van der Waals surface area contributed by atoms with Gasteiger partial charge in [-0.05, 0) is 48.7 Å². The highest BCUT2D eigenvalue weighted by Crippen LogP contribution is 2.40. The van der Waals surface area contributed by atoms with Crippen molar-refractivity contribution in [2.45, 2.75) is 30.5 Å². The maximum Gasteiger partial charge on any atom is 0.347 e. The lowest BCUT2D eigenvalue weighted by Crippen LogP contribution is -2.28. The summed E-state index contributed by atoms with van der Waals surface area (Å²) in [5.41, 5.74) is 1.80. The number of carbonyl (C=O) groups excluding carboxylic acids is 1. The molecular weight excluding hydrogens is 376 g/mol. The number of rotatable bonds is 7. The van der Waals surface area contributed by atoms with E-state index in [4.69, 9.17) is 21.1 Å². The van der Waals surface area contributed by atoms with Crippen LogP contribution in [0.2, 0.25) is 5.02 Å². The van der Waals surface area contributed by atoms with Crippen molar-refractivity contribution in [1.29, 1.82) is 0 Å². The predicted octanol–water partition coefficient (Wildman–Crippen LogP) is 5.12. The van der Waals surface area contributed by atoms with E-state index in [9.17, 15) is 4.79 Å². The van der Waals surface area contributed by atoms with Crippen molar-refractivity contribution >= 4 is 42.8 Å². The topological polar surface area (TPSA) is 35.5 Å². The van der Waals surface area contributed by atoms with Gasteiger partial charge >= 0.3 is 5.97 Å². The summed E-state index contributed by atoms with van der Waals surface area (Å²) < 4.78 is 9.97. The Morgan fingerprint density at radius 2 is 1.56 bits per heavy atom. The molecule has 1 unspecified atom stereocenters. The lowest BCUT2D eigenvalue weighted by atomic mass is 10.0. The molecule has 2 aromatic rings. The van der Waals surface area contributed by atoms with Crippen LogP contribution in [0, 0.1) is 0 Å². The van der Waals surface area contributed by atoms with Crippen LogP contribution < -0.4 is 4.74 Å². The average Bonchev–Trinajstić information content (AvgIpc) is 2.60. The van der Waals surface area contributed by atoms with Gasteiger partial charge in [-0.1, -0.05) is 42.8 Å². The number of carbonyl (C=O) groups is 1. The highest BCUT2D eigenvalue weighted by atomic mass is 35.5. The number of halogens is 1. The molecule has 0 aliphatic rings. The zero-order valence-corrected chi connectivity index (χ0v) is 16.7. The van der Waals surface area contributed by atoms with Crippen molar-refractivity contribution in [1.82, 2.24) is 0 Å². The smallest absolute Gasteiger partial charge is 0.347 e. The van der Waals surface area contributed by atoms with Crippen molar-refractivity contribution < 1.29 is 14.3 Å². The number of hydrogen-bond donors (Lipinski definition) is 2. The van der Waals surface area contributed by atoms with E-state index < -0.39 is 10.2 Å². The highest BCUT2D eigenvalue weighted by Gasteiger charge is 2.26. The first-order valence-electron chi connectivity index (χ1n) is 8.03. The molecule has 0 aliphatic carbocycles. The monoisotopic (exact) mass is 396 g/mol. The van der Waals surface area contributed by atoms with E-state index in [-0.39, 0.29) is 5.97 Å². The van der Waals surface area contributed by atoms with Crippen LogP contribution in [0.4, 0.5) is 0 Å². The summed E-state index contributed by atoms with van der Waals surface area (Å²) in [7, 11) is 0. The van der Waals surface area contributed by atoms with Gasteiger partial charge in [0.05, 0.1) is 6.61 Å². The van der Waals surface area contributed by atoms with E-state index in [1.165, 1.54) is 0 Å². The Morgan fingerprint density at radius 3 is 2.04 bits per heavy atom. The number of benzene rings is 2. The van der Waals surface area contributed by atoms with Crippen LogP contribution in [0.25, 0.3) is 0 Å². The van der Waals surface area contributed by atoms with E-state index >= 15 is 0 Å². The Balaban J connectivity index is 2.15. The van der Waals surface area contributed by atoms with E-state index in [0.717, 1.165) is 11.1 Å². The Bertz CT molecular complexity index is 700. The van der Waals surface area contributed by atoms with Gasteiger partial charge < -0.3 is 9.47 Å². The lowest BCUT2D eigenvalue weighted by molar-refractivity contribution is -0.151. The molecule has 0 radical (unpaired) electrons. The third-order valence-corrected chi connectivity index (χ3v) is 4.99. The van der Waals surface area contributed by atoms with Crippen LogP contribution in [-0.2, 0) is 13.6 Å². The first-order chi connectivity index (χ1) is 11.9. The molecule has 134 valence electrons. The molecular formula is C19H21ClO3S2. The molecule has 0 heterocycles. The Morgan fingerprint density at radius 1 is 1.04 bits per heavy atom. The van der Waals surface area contributed by atoms with Gasteiger partial charge in [-0.3, -0.25) is 0 Å². The zero-order chi connectivity index (χ0) is 18.4. The van der Waals surface area contributed by atoms with Gasteiger partial charge in [-0.25, -0.2) is 4.79 Å². The molecule has 0 amide bonds. The zero-order valence-electron chi connectivity index (χ0n) is 14.1. The fourth-order valence-electron chi connectivity index (χ4n) is 2.31. The molecule has 0 saturated heterocycles. The van der Waals surface area contributed by atoms with Gasteiger partial charge in [0.25, 0.3) is 0 Å². The third kappa shape index (κ3) is 5.09. The van der Waals surface area contributed by atoms with Gasteiger partial charge in [-0.2, -0.15) is 25.3 Å². The normalized spacial score (nSPS) is 12.5. The SMILES string of the molecule is CCOC(=O)C(CC)Oc1ccc(C(S)(S)c2ccc(Cl)cc2)cc1. The van der Waals surface area contributed by atoms with Gasteiger partial charge in [0.1, 0.15) is 9.83 Å². The quantitative estimate of drug-likeness (QED) is 0.387. The predicted molar refractivity (Wildman–Crippen MR) is 108 cm³/mol. The molecule has 6 heteroatoms. The number of thiol groups is 2. The standard InChI is InChI=1S/C19H21ClO3S2/c1-3-17(18(21)22-4-2)23-16-11-7-14(8-12-16)19(24,25)13-5-9-15(20)10-6-13/h5-12,17,24-25H,3-4H2,1-2H3. The summed E-state index contributed by atoms with van der Waals surface area (Å²) in [6, 6.07) is 14.7. The summed E-state index contributed by atoms with van der Waals surface area (Å²) in [5.74, 6) is 0.241. The summed E-state index contributed by atoms with van der Waals surface area (Å²) in [6.07, 6.45) is -0.0761. The van der Waals surface area contributed by atoms with Gasteiger partial charge in [0.15, 0.2) is 6.10 Å². The summed E-state index contributed by atoms with van der Waals surface area (Å²) in [6.45, 7) is 3.98. The van der Waals surface area contributed by atoms with E-state index in [2.05, 4.69) is 25.3 Å². The van der Waals surface area contributed by atoms with Crippen molar-refractivity contribution in [3.8, 4) is 5.75 Å². The molecule has 0 fully saturated rings. The second-order valence-corrected chi connectivity index (χ2v) is 7.60. The highest BCUT2D eigenvalue weighted by molar-refractivity contribution is 8.00. The number of hydrogen-bond acceptors (Lipinski definition) is 5. The fourth-order valence-corrected chi connectivity index (χ4v) is 3.03. The van der Waals surface area contributed by atoms with Gasteiger partial charge in [0.2, 0.25) is 0 Å². The van der Waals surface area contributed by atoms with E-state index in [1.807, 2.05) is 31.2 Å². The van der Waals surface area contributed by atoms with Crippen LogP contribution in [0.15, 0.2) is 48.5 Å². The first-order valence-corrected chi connectivity index (χ1v) is 9.30. The maximum atomic E-state index is 11.8. The van der Waals surface area contributed by atoms with Crippen LogP contribution in [-0.4, -0.2) is 18.7 Å². The van der Waals surface area contributed by atoms with Crippen molar-refractivity contribution in [3.63, 3.8) is 0 Å². The first kappa shape index (κ1) is 20.0. The Labute approximate surface area is 164 Å².